The summed E-state index contributed by atoms with van der Waals surface area (Å²) in [6, 6.07) is 22.9. The number of halogens is 1. The number of ether oxygens (including phenoxy) is 1. The quantitative estimate of drug-likeness (QED) is 0.265. The van der Waals surface area contributed by atoms with E-state index in [1.54, 1.807) is 37.1 Å². The number of carbonyl (C=O) groups is 1. The zero-order valence-electron chi connectivity index (χ0n) is 16.4. The fraction of sp³-hybridized carbons (Fsp3) is 0.0833. The highest BCUT2D eigenvalue weighted by atomic mass is 35.5. The Balaban J connectivity index is 1.48. The van der Waals surface area contributed by atoms with E-state index < -0.39 is 0 Å². The SMILES string of the molecule is COc1ccccc1/C=C/C=N/NC(=O)c1ccc(CSc2ccc(Cl)cc2)cc1. The number of methoxy groups -OCH3 is 1. The van der Waals surface area contributed by atoms with Gasteiger partial charge in [-0.05, 0) is 60.2 Å². The molecule has 0 aliphatic carbocycles. The molecular weight excluding hydrogens is 416 g/mol. The van der Waals surface area contributed by atoms with Crippen molar-refractivity contribution in [1.29, 1.82) is 0 Å². The summed E-state index contributed by atoms with van der Waals surface area (Å²) in [5, 5.41) is 4.69. The first-order chi connectivity index (χ1) is 14.7. The van der Waals surface area contributed by atoms with Gasteiger partial charge in [-0.2, -0.15) is 5.10 Å². The second kappa shape index (κ2) is 11.2. The Labute approximate surface area is 185 Å². The van der Waals surface area contributed by atoms with Crippen molar-refractivity contribution in [3.05, 3.63) is 101 Å². The van der Waals surface area contributed by atoms with Crippen molar-refractivity contribution in [3.8, 4) is 5.75 Å². The number of carbonyl (C=O) groups excluding carboxylic acids is 1. The summed E-state index contributed by atoms with van der Waals surface area (Å²) >= 11 is 7.62. The van der Waals surface area contributed by atoms with Gasteiger partial charge in [0.25, 0.3) is 5.91 Å². The van der Waals surface area contributed by atoms with E-state index in [1.165, 1.54) is 6.21 Å². The van der Waals surface area contributed by atoms with Gasteiger partial charge >= 0.3 is 0 Å². The Kier molecular flexibility index (Phi) is 8.12. The van der Waals surface area contributed by atoms with Crippen LogP contribution in [-0.4, -0.2) is 19.2 Å². The van der Waals surface area contributed by atoms with Crippen LogP contribution in [0.4, 0.5) is 0 Å². The van der Waals surface area contributed by atoms with Crippen LogP contribution in [0.1, 0.15) is 21.5 Å². The van der Waals surface area contributed by atoms with Gasteiger partial charge in [-0.25, -0.2) is 5.43 Å². The molecule has 152 valence electrons. The van der Waals surface area contributed by atoms with E-state index in [0.717, 1.165) is 32.5 Å². The molecule has 6 heteroatoms. The Bertz CT molecular complexity index is 1030. The molecule has 0 bridgehead atoms. The van der Waals surface area contributed by atoms with Crippen LogP contribution in [0.15, 0.2) is 88.9 Å². The van der Waals surface area contributed by atoms with Crippen molar-refractivity contribution in [2.24, 2.45) is 5.10 Å². The van der Waals surface area contributed by atoms with Crippen molar-refractivity contribution in [3.63, 3.8) is 0 Å². The molecule has 3 aromatic carbocycles. The Morgan fingerprint density at radius 1 is 1.07 bits per heavy atom. The molecule has 0 saturated carbocycles. The summed E-state index contributed by atoms with van der Waals surface area (Å²) in [6.07, 6.45) is 5.14. The van der Waals surface area contributed by atoms with Crippen LogP contribution < -0.4 is 10.2 Å². The largest absolute Gasteiger partial charge is 0.496 e. The molecule has 0 aliphatic heterocycles. The topological polar surface area (TPSA) is 50.7 Å². The van der Waals surface area contributed by atoms with Crippen LogP contribution in [-0.2, 0) is 5.75 Å². The predicted octanol–water partition coefficient (Wildman–Crippen LogP) is 6.07. The maximum absolute atomic E-state index is 12.2. The van der Waals surface area contributed by atoms with Gasteiger partial charge in [0.2, 0.25) is 0 Å². The number of benzene rings is 3. The normalized spacial score (nSPS) is 11.1. The lowest BCUT2D eigenvalue weighted by Crippen LogP contribution is -2.17. The summed E-state index contributed by atoms with van der Waals surface area (Å²) in [5.41, 5.74) is 5.15. The van der Waals surface area contributed by atoms with Gasteiger partial charge in [-0.3, -0.25) is 4.79 Å². The number of nitrogens with one attached hydrogen (secondary N) is 1. The molecule has 3 aromatic rings. The third-order valence-corrected chi connectivity index (χ3v) is 5.51. The van der Waals surface area contributed by atoms with Crippen LogP contribution in [0.2, 0.25) is 5.02 Å². The van der Waals surface area contributed by atoms with Crippen LogP contribution in [0.3, 0.4) is 0 Å². The first kappa shape index (κ1) is 21.7. The van der Waals surface area contributed by atoms with E-state index in [1.807, 2.05) is 66.7 Å². The summed E-state index contributed by atoms with van der Waals surface area (Å²) in [5.74, 6) is 1.34. The lowest BCUT2D eigenvalue weighted by Gasteiger charge is -2.04. The number of thioether (sulfide) groups is 1. The molecule has 0 fully saturated rings. The molecule has 0 aliphatic rings. The molecule has 3 rings (SSSR count). The zero-order valence-corrected chi connectivity index (χ0v) is 18.0. The van der Waals surface area contributed by atoms with Crippen molar-refractivity contribution >= 4 is 41.6 Å². The van der Waals surface area contributed by atoms with E-state index >= 15 is 0 Å². The number of hydrogen-bond donors (Lipinski definition) is 1. The molecule has 4 nitrogen and oxygen atoms in total. The average molecular weight is 437 g/mol. The standard InChI is InChI=1S/C24H21ClN2O2S/c1-29-23-7-3-2-5-19(23)6-4-16-26-27-24(28)20-10-8-18(9-11-20)17-30-22-14-12-21(25)13-15-22/h2-16H,17H2,1H3,(H,27,28)/b6-4+,26-16+. The molecule has 0 atom stereocenters. The van der Waals surface area contributed by atoms with E-state index in [2.05, 4.69) is 10.5 Å². The van der Waals surface area contributed by atoms with Gasteiger partial charge in [-0.1, -0.05) is 41.9 Å². The molecule has 0 aromatic heterocycles. The Hall–Kier alpha value is -3.02. The maximum Gasteiger partial charge on any atom is 0.271 e. The van der Waals surface area contributed by atoms with Crippen LogP contribution in [0.5, 0.6) is 5.75 Å². The second-order valence-corrected chi connectivity index (χ2v) is 7.74. The lowest BCUT2D eigenvalue weighted by molar-refractivity contribution is 0.0955. The van der Waals surface area contributed by atoms with Crippen molar-refractivity contribution < 1.29 is 9.53 Å². The number of rotatable bonds is 8. The number of para-hydroxylation sites is 1. The van der Waals surface area contributed by atoms with Crippen LogP contribution in [0.25, 0.3) is 6.08 Å². The Morgan fingerprint density at radius 3 is 2.53 bits per heavy atom. The summed E-state index contributed by atoms with van der Waals surface area (Å²) in [7, 11) is 1.63. The summed E-state index contributed by atoms with van der Waals surface area (Å²) < 4.78 is 5.28. The van der Waals surface area contributed by atoms with Crippen LogP contribution in [0, 0.1) is 0 Å². The molecule has 0 unspecified atom stereocenters. The minimum atomic E-state index is -0.256. The van der Waals surface area contributed by atoms with Gasteiger partial charge < -0.3 is 4.74 Å². The molecule has 1 amide bonds. The first-order valence-corrected chi connectivity index (χ1v) is 10.6. The first-order valence-electron chi connectivity index (χ1n) is 9.26. The fourth-order valence-electron chi connectivity index (χ4n) is 2.60. The molecule has 1 N–H and O–H groups in total. The number of amides is 1. The molecule has 0 saturated heterocycles. The number of hydrazone groups is 1. The van der Waals surface area contributed by atoms with Crippen molar-refractivity contribution in [2.45, 2.75) is 10.6 Å². The number of hydrogen-bond acceptors (Lipinski definition) is 4. The third-order valence-electron chi connectivity index (χ3n) is 4.18. The predicted molar refractivity (Wildman–Crippen MR) is 125 cm³/mol. The molecule has 30 heavy (non-hydrogen) atoms. The second-order valence-electron chi connectivity index (χ2n) is 6.26. The highest BCUT2D eigenvalue weighted by molar-refractivity contribution is 7.98. The van der Waals surface area contributed by atoms with Crippen molar-refractivity contribution in [2.75, 3.05) is 7.11 Å². The minimum Gasteiger partial charge on any atom is -0.496 e. The fourth-order valence-corrected chi connectivity index (χ4v) is 3.58. The highest BCUT2D eigenvalue weighted by Crippen LogP contribution is 2.24. The molecule has 0 spiro atoms. The van der Waals surface area contributed by atoms with Gasteiger partial charge in [0.1, 0.15) is 5.75 Å². The minimum absolute atomic E-state index is 0.256. The van der Waals surface area contributed by atoms with Crippen LogP contribution >= 0.6 is 23.4 Å². The monoisotopic (exact) mass is 436 g/mol. The van der Waals surface area contributed by atoms with Gasteiger partial charge in [0.15, 0.2) is 0 Å². The number of nitrogens with zero attached hydrogens (tertiary/aromatic N) is 1. The van der Waals surface area contributed by atoms with Crippen molar-refractivity contribution in [1.82, 2.24) is 5.43 Å². The molecule has 0 radical (unpaired) electrons. The van der Waals surface area contributed by atoms with E-state index in [9.17, 15) is 4.79 Å². The zero-order chi connectivity index (χ0) is 21.2. The van der Waals surface area contributed by atoms with E-state index in [4.69, 9.17) is 16.3 Å². The van der Waals surface area contributed by atoms with E-state index in [-0.39, 0.29) is 5.91 Å². The summed E-state index contributed by atoms with van der Waals surface area (Å²) in [4.78, 5) is 13.4. The Morgan fingerprint density at radius 2 is 1.80 bits per heavy atom. The van der Waals surface area contributed by atoms with E-state index in [0.29, 0.717) is 5.56 Å². The van der Waals surface area contributed by atoms with Gasteiger partial charge in [-0.15, -0.1) is 11.8 Å². The maximum atomic E-state index is 12.2. The third kappa shape index (κ3) is 6.51. The molecule has 0 heterocycles. The lowest BCUT2D eigenvalue weighted by atomic mass is 10.1. The highest BCUT2D eigenvalue weighted by Gasteiger charge is 2.04. The summed E-state index contributed by atoms with van der Waals surface area (Å²) in [6.45, 7) is 0. The van der Waals surface area contributed by atoms with Gasteiger partial charge in [0.05, 0.1) is 7.11 Å². The number of allylic oxidation sites excluding steroid dienone is 1. The van der Waals surface area contributed by atoms with Gasteiger partial charge in [0, 0.05) is 33.0 Å². The average Bonchev–Trinajstić information content (AvgIpc) is 2.79. The molecular formula is C24H21ClN2O2S. The smallest absolute Gasteiger partial charge is 0.271 e.